The van der Waals surface area contributed by atoms with Gasteiger partial charge in [0.15, 0.2) is 0 Å². The first-order chi connectivity index (χ1) is 15.4. The lowest BCUT2D eigenvalue weighted by Crippen LogP contribution is -2.42. The van der Waals surface area contributed by atoms with Gasteiger partial charge in [0.25, 0.3) is 0 Å². The number of alkyl carbamates (subject to hydrolysis) is 1. The Labute approximate surface area is 187 Å². The maximum atomic E-state index is 12.6. The molecule has 2 atom stereocenters. The first-order valence-electron chi connectivity index (χ1n) is 11.1. The van der Waals surface area contributed by atoms with Gasteiger partial charge in [-0.2, -0.15) is 0 Å². The van der Waals surface area contributed by atoms with Crippen molar-refractivity contribution in [2.75, 3.05) is 13.2 Å². The molecule has 0 spiro atoms. The van der Waals surface area contributed by atoms with Crippen molar-refractivity contribution in [2.45, 2.75) is 50.6 Å². The van der Waals surface area contributed by atoms with Gasteiger partial charge in [0.05, 0.1) is 6.42 Å². The summed E-state index contributed by atoms with van der Waals surface area (Å²) in [5.74, 6) is -1.06. The van der Waals surface area contributed by atoms with Crippen LogP contribution in [0.2, 0.25) is 0 Å². The Morgan fingerprint density at radius 1 is 1.09 bits per heavy atom. The SMILES string of the molecule is C[C@H](CC(=O)N1CCCC1CC(=O)O)NC(=O)OCC1c2ccccc2-c2ccccc21. The van der Waals surface area contributed by atoms with Crippen molar-refractivity contribution in [3.8, 4) is 11.1 Å². The van der Waals surface area contributed by atoms with Gasteiger partial charge in [-0.05, 0) is 42.0 Å². The Kier molecular flexibility index (Phi) is 6.44. The first-order valence-corrected chi connectivity index (χ1v) is 11.1. The molecule has 0 aromatic heterocycles. The van der Waals surface area contributed by atoms with Crippen LogP contribution in [0.4, 0.5) is 4.79 Å². The fraction of sp³-hybridized carbons (Fsp3) is 0.400. The van der Waals surface area contributed by atoms with E-state index in [1.165, 1.54) is 0 Å². The van der Waals surface area contributed by atoms with E-state index in [2.05, 4.69) is 29.6 Å². The minimum Gasteiger partial charge on any atom is -0.481 e. The zero-order chi connectivity index (χ0) is 22.7. The summed E-state index contributed by atoms with van der Waals surface area (Å²) in [5.41, 5.74) is 4.61. The van der Waals surface area contributed by atoms with Crippen LogP contribution in [0.5, 0.6) is 0 Å². The molecule has 2 aromatic rings. The summed E-state index contributed by atoms with van der Waals surface area (Å²) in [6.07, 6.45) is 1.01. The molecule has 1 aliphatic heterocycles. The molecule has 2 aromatic carbocycles. The van der Waals surface area contributed by atoms with E-state index >= 15 is 0 Å². The second-order valence-electron chi connectivity index (χ2n) is 8.56. The molecule has 168 valence electrons. The van der Waals surface area contributed by atoms with Gasteiger partial charge in [0.1, 0.15) is 6.61 Å². The van der Waals surface area contributed by atoms with E-state index in [0.717, 1.165) is 28.7 Å². The number of carboxylic acid groups (broad SMARTS) is 1. The molecule has 1 heterocycles. The van der Waals surface area contributed by atoms with Crippen molar-refractivity contribution < 1.29 is 24.2 Å². The van der Waals surface area contributed by atoms with E-state index in [1.807, 2.05) is 24.3 Å². The number of aliphatic carboxylic acids is 1. The Balaban J connectivity index is 1.31. The number of fused-ring (bicyclic) bond motifs is 3. The van der Waals surface area contributed by atoms with Crippen LogP contribution in [0, 0.1) is 0 Å². The average molecular weight is 437 g/mol. The van der Waals surface area contributed by atoms with Crippen molar-refractivity contribution in [1.82, 2.24) is 10.2 Å². The van der Waals surface area contributed by atoms with Gasteiger partial charge in [-0.3, -0.25) is 9.59 Å². The average Bonchev–Trinajstić information content (AvgIpc) is 3.34. The van der Waals surface area contributed by atoms with Gasteiger partial charge < -0.3 is 20.1 Å². The molecule has 0 radical (unpaired) electrons. The number of likely N-dealkylation sites (tertiary alicyclic amines) is 1. The second-order valence-corrected chi connectivity index (χ2v) is 8.56. The van der Waals surface area contributed by atoms with Crippen molar-refractivity contribution in [2.24, 2.45) is 0 Å². The highest BCUT2D eigenvalue weighted by atomic mass is 16.5. The lowest BCUT2D eigenvalue weighted by atomic mass is 9.98. The molecule has 1 fully saturated rings. The van der Waals surface area contributed by atoms with Crippen LogP contribution in [0.15, 0.2) is 48.5 Å². The minimum atomic E-state index is -0.903. The maximum absolute atomic E-state index is 12.6. The summed E-state index contributed by atoms with van der Waals surface area (Å²) in [6.45, 7) is 2.53. The van der Waals surface area contributed by atoms with Crippen LogP contribution in [0.25, 0.3) is 11.1 Å². The summed E-state index contributed by atoms with van der Waals surface area (Å²) in [7, 11) is 0. The van der Waals surface area contributed by atoms with Gasteiger partial charge in [-0.15, -0.1) is 0 Å². The lowest BCUT2D eigenvalue weighted by Gasteiger charge is -2.25. The molecule has 4 rings (SSSR count). The number of hydrogen-bond acceptors (Lipinski definition) is 4. The number of rotatable bonds is 7. The topological polar surface area (TPSA) is 95.9 Å². The van der Waals surface area contributed by atoms with Gasteiger partial charge in [-0.25, -0.2) is 4.79 Å². The molecule has 7 nitrogen and oxygen atoms in total. The molecule has 2 N–H and O–H groups in total. The van der Waals surface area contributed by atoms with Crippen LogP contribution in [0.1, 0.15) is 49.7 Å². The number of ether oxygens (including phenoxy) is 1. The van der Waals surface area contributed by atoms with Crippen LogP contribution < -0.4 is 5.32 Å². The van der Waals surface area contributed by atoms with Gasteiger partial charge >= 0.3 is 12.1 Å². The van der Waals surface area contributed by atoms with E-state index in [-0.39, 0.29) is 37.3 Å². The zero-order valence-electron chi connectivity index (χ0n) is 18.1. The predicted molar refractivity (Wildman–Crippen MR) is 119 cm³/mol. The second kappa shape index (κ2) is 9.42. The number of amides is 2. The molecule has 32 heavy (non-hydrogen) atoms. The standard InChI is InChI=1S/C25H28N2O5/c1-16(13-23(28)27-12-6-7-17(27)14-24(29)30)26-25(31)32-15-22-20-10-4-2-8-18(20)19-9-3-5-11-21(19)22/h2-5,8-11,16-17,22H,6-7,12-15H2,1H3,(H,26,31)(H,29,30)/t16-,17?/m1/s1. The molecule has 0 saturated carbocycles. The molecule has 0 bridgehead atoms. The maximum Gasteiger partial charge on any atom is 0.407 e. The number of carboxylic acids is 1. The highest BCUT2D eigenvalue weighted by molar-refractivity contribution is 5.80. The molecule has 1 aliphatic carbocycles. The molecular weight excluding hydrogens is 408 g/mol. The van der Waals surface area contributed by atoms with Crippen LogP contribution >= 0.6 is 0 Å². The third-order valence-electron chi connectivity index (χ3n) is 6.30. The van der Waals surface area contributed by atoms with E-state index in [4.69, 9.17) is 9.84 Å². The molecular formula is C25H28N2O5. The summed E-state index contributed by atoms with van der Waals surface area (Å²) < 4.78 is 5.54. The molecule has 1 saturated heterocycles. The van der Waals surface area contributed by atoms with Crippen LogP contribution in [-0.2, 0) is 14.3 Å². The Morgan fingerprint density at radius 2 is 1.72 bits per heavy atom. The fourth-order valence-corrected chi connectivity index (χ4v) is 4.85. The first kappa shape index (κ1) is 21.9. The van der Waals surface area contributed by atoms with Crippen molar-refractivity contribution in [1.29, 1.82) is 0 Å². The Hall–Kier alpha value is -3.35. The van der Waals surface area contributed by atoms with Crippen molar-refractivity contribution in [3.63, 3.8) is 0 Å². The zero-order valence-corrected chi connectivity index (χ0v) is 18.1. The number of nitrogens with one attached hydrogen (secondary N) is 1. The van der Waals surface area contributed by atoms with Gasteiger partial charge in [0, 0.05) is 31.0 Å². The van der Waals surface area contributed by atoms with Gasteiger partial charge in [-0.1, -0.05) is 48.5 Å². The number of carbonyl (C=O) groups excluding carboxylic acids is 2. The Bertz CT molecular complexity index is 975. The lowest BCUT2D eigenvalue weighted by molar-refractivity contribution is -0.140. The number of nitrogens with zero attached hydrogens (tertiary/aromatic N) is 1. The van der Waals surface area contributed by atoms with E-state index in [0.29, 0.717) is 13.0 Å². The number of benzene rings is 2. The molecule has 7 heteroatoms. The summed E-state index contributed by atoms with van der Waals surface area (Å²) >= 11 is 0. The third-order valence-corrected chi connectivity index (χ3v) is 6.30. The van der Waals surface area contributed by atoms with Gasteiger partial charge in [0.2, 0.25) is 5.91 Å². The summed E-state index contributed by atoms with van der Waals surface area (Å²) in [5, 5.41) is 11.8. The highest BCUT2D eigenvalue weighted by Crippen LogP contribution is 2.44. The minimum absolute atomic E-state index is 0.0218. The number of hydrogen-bond donors (Lipinski definition) is 2. The third kappa shape index (κ3) is 4.61. The molecule has 2 amide bonds. The summed E-state index contributed by atoms with van der Waals surface area (Å²) in [6, 6.07) is 15.6. The Morgan fingerprint density at radius 3 is 2.34 bits per heavy atom. The molecule has 2 aliphatic rings. The van der Waals surface area contributed by atoms with Crippen LogP contribution in [-0.4, -0.2) is 53.2 Å². The quantitative estimate of drug-likeness (QED) is 0.689. The normalized spacial score (nSPS) is 18.0. The predicted octanol–water partition coefficient (Wildman–Crippen LogP) is 3.77. The largest absolute Gasteiger partial charge is 0.481 e. The number of carbonyl (C=O) groups is 3. The molecule has 1 unspecified atom stereocenters. The van der Waals surface area contributed by atoms with Crippen LogP contribution in [0.3, 0.4) is 0 Å². The van der Waals surface area contributed by atoms with E-state index < -0.39 is 18.1 Å². The van der Waals surface area contributed by atoms with Crippen molar-refractivity contribution >= 4 is 18.0 Å². The van der Waals surface area contributed by atoms with E-state index in [9.17, 15) is 14.4 Å². The van der Waals surface area contributed by atoms with E-state index in [1.54, 1.807) is 11.8 Å². The smallest absolute Gasteiger partial charge is 0.407 e. The monoisotopic (exact) mass is 436 g/mol. The summed E-state index contributed by atoms with van der Waals surface area (Å²) in [4.78, 5) is 37.7. The van der Waals surface area contributed by atoms with Crippen molar-refractivity contribution in [3.05, 3.63) is 59.7 Å². The highest BCUT2D eigenvalue weighted by Gasteiger charge is 2.32. The fourth-order valence-electron chi connectivity index (χ4n) is 4.85.